The Kier molecular flexibility index (Phi) is 6.10. The van der Waals surface area contributed by atoms with Gasteiger partial charge in [-0.05, 0) is 67.8 Å². The maximum absolute atomic E-state index is 14.7. The number of piperidine rings is 1. The molecule has 2 aliphatic rings. The second kappa shape index (κ2) is 8.10. The lowest BCUT2D eigenvalue weighted by molar-refractivity contribution is -0.117. The Balaban J connectivity index is 1.70. The average molecular weight is 428 g/mol. The first kappa shape index (κ1) is 21.8. The third kappa shape index (κ3) is 5.39. The third-order valence-corrected chi connectivity index (χ3v) is 6.86. The summed E-state index contributed by atoms with van der Waals surface area (Å²) in [7, 11) is -4.17. The van der Waals surface area contributed by atoms with E-state index in [4.69, 9.17) is 0 Å². The number of benzene rings is 1. The SMILES string of the molecule is CC(C)(C)CCN1CCCC(Cc2cc(O)c(N3CC(=O)NS3(=O)=O)c(F)c2)C1. The van der Waals surface area contributed by atoms with E-state index in [9.17, 15) is 22.7 Å². The fraction of sp³-hybridized carbons (Fsp3) is 0.650. The molecule has 162 valence electrons. The van der Waals surface area contributed by atoms with Crippen LogP contribution in [0.25, 0.3) is 0 Å². The minimum Gasteiger partial charge on any atom is -0.506 e. The highest BCUT2D eigenvalue weighted by Gasteiger charge is 2.37. The summed E-state index contributed by atoms with van der Waals surface area (Å²) in [6, 6.07) is 2.67. The fourth-order valence-corrected chi connectivity index (χ4v) is 5.17. The normalized spacial score (nSPS) is 22.7. The molecular weight excluding hydrogens is 397 g/mol. The summed E-state index contributed by atoms with van der Waals surface area (Å²) in [5, 5.41) is 10.3. The molecule has 0 spiro atoms. The molecule has 2 N–H and O–H groups in total. The van der Waals surface area contributed by atoms with Crippen LogP contribution in [0.4, 0.5) is 10.1 Å². The topological polar surface area (TPSA) is 89.9 Å². The molecule has 0 radical (unpaired) electrons. The van der Waals surface area contributed by atoms with Gasteiger partial charge >= 0.3 is 10.2 Å². The highest BCUT2D eigenvalue weighted by Crippen LogP contribution is 2.35. The molecule has 1 aromatic carbocycles. The molecular formula is C20H30FN3O4S. The van der Waals surface area contributed by atoms with Crippen molar-refractivity contribution in [3.63, 3.8) is 0 Å². The Labute approximate surface area is 172 Å². The zero-order valence-corrected chi connectivity index (χ0v) is 18.1. The molecule has 0 bridgehead atoms. The van der Waals surface area contributed by atoms with E-state index in [0.29, 0.717) is 22.2 Å². The van der Waals surface area contributed by atoms with Gasteiger partial charge in [0.2, 0.25) is 0 Å². The number of phenolic OH excluding ortho intramolecular Hbond substituents is 1. The molecule has 0 aromatic heterocycles. The molecule has 1 amide bonds. The van der Waals surface area contributed by atoms with Crippen LogP contribution in [0.15, 0.2) is 12.1 Å². The molecule has 7 nitrogen and oxygen atoms in total. The Morgan fingerprint density at radius 1 is 1.31 bits per heavy atom. The van der Waals surface area contributed by atoms with Crippen molar-refractivity contribution in [2.75, 3.05) is 30.5 Å². The van der Waals surface area contributed by atoms with E-state index in [2.05, 4.69) is 25.7 Å². The Morgan fingerprint density at radius 3 is 2.62 bits per heavy atom. The number of nitrogens with one attached hydrogen (secondary N) is 1. The highest BCUT2D eigenvalue weighted by atomic mass is 32.2. The number of carbonyl (C=O) groups excluding carboxylic acids is 1. The molecule has 2 heterocycles. The molecule has 1 atom stereocenters. The molecule has 9 heteroatoms. The largest absolute Gasteiger partial charge is 0.506 e. The monoisotopic (exact) mass is 427 g/mol. The Bertz CT molecular complexity index is 859. The molecule has 0 saturated carbocycles. The first-order chi connectivity index (χ1) is 13.4. The van der Waals surface area contributed by atoms with Crippen molar-refractivity contribution in [2.45, 2.75) is 46.5 Å². The van der Waals surface area contributed by atoms with Gasteiger partial charge in [-0.1, -0.05) is 20.8 Å². The van der Waals surface area contributed by atoms with Crippen molar-refractivity contribution >= 4 is 21.8 Å². The zero-order chi connectivity index (χ0) is 21.4. The van der Waals surface area contributed by atoms with Crippen LogP contribution in [0.3, 0.4) is 0 Å². The van der Waals surface area contributed by atoms with Gasteiger partial charge in [-0.15, -0.1) is 0 Å². The van der Waals surface area contributed by atoms with Gasteiger partial charge in [0.05, 0.1) is 0 Å². The van der Waals surface area contributed by atoms with Crippen molar-refractivity contribution < 1.29 is 22.7 Å². The Hall–Kier alpha value is -1.87. The number of halogens is 1. The van der Waals surface area contributed by atoms with Gasteiger partial charge in [-0.3, -0.25) is 4.79 Å². The van der Waals surface area contributed by atoms with Crippen molar-refractivity contribution in [3.8, 4) is 5.75 Å². The summed E-state index contributed by atoms with van der Waals surface area (Å²) in [6.07, 6.45) is 3.85. The molecule has 29 heavy (non-hydrogen) atoms. The summed E-state index contributed by atoms with van der Waals surface area (Å²) < 4.78 is 41.0. The van der Waals surface area contributed by atoms with E-state index >= 15 is 0 Å². The van der Waals surface area contributed by atoms with E-state index in [1.807, 2.05) is 0 Å². The van der Waals surface area contributed by atoms with E-state index in [0.717, 1.165) is 38.9 Å². The number of aromatic hydroxyl groups is 1. The number of rotatable bonds is 5. The van der Waals surface area contributed by atoms with Crippen LogP contribution in [0, 0.1) is 17.2 Å². The minimum atomic E-state index is -4.17. The molecule has 1 aromatic rings. The first-order valence-corrected chi connectivity index (χ1v) is 11.5. The average Bonchev–Trinajstić information content (AvgIpc) is 2.84. The number of hydrogen-bond donors (Lipinski definition) is 2. The van der Waals surface area contributed by atoms with Crippen molar-refractivity contribution in [3.05, 3.63) is 23.5 Å². The lowest BCUT2D eigenvalue weighted by Crippen LogP contribution is -2.38. The maximum atomic E-state index is 14.7. The second-order valence-corrected chi connectivity index (χ2v) is 10.9. The van der Waals surface area contributed by atoms with Crippen LogP contribution >= 0.6 is 0 Å². The standard InChI is InChI=1S/C20H30FN3O4S/c1-20(2,3)6-8-23-7-4-5-14(12-23)9-15-10-16(21)19(17(25)11-15)24-13-18(26)22-29(24,27)28/h10-11,14,25H,4-9,12-13H2,1-3H3,(H,22,26). The van der Waals surface area contributed by atoms with E-state index in [1.165, 1.54) is 12.1 Å². The summed E-state index contributed by atoms with van der Waals surface area (Å²) in [5.41, 5.74) is 0.425. The summed E-state index contributed by atoms with van der Waals surface area (Å²) in [5.74, 6) is -1.72. The van der Waals surface area contributed by atoms with Gasteiger partial charge in [-0.25, -0.2) is 13.4 Å². The second-order valence-electron chi connectivity index (χ2n) is 9.31. The van der Waals surface area contributed by atoms with Crippen molar-refractivity contribution in [1.82, 2.24) is 9.62 Å². The van der Waals surface area contributed by atoms with E-state index in [-0.39, 0.29) is 5.41 Å². The van der Waals surface area contributed by atoms with Crippen molar-refractivity contribution in [1.29, 1.82) is 0 Å². The Morgan fingerprint density at radius 2 is 2.03 bits per heavy atom. The van der Waals surface area contributed by atoms with Crippen LogP contribution in [-0.4, -0.2) is 50.5 Å². The lowest BCUT2D eigenvalue weighted by atomic mass is 9.89. The number of carbonyl (C=O) groups is 1. The van der Waals surface area contributed by atoms with Gasteiger partial charge in [0.1, 0.15) is 18.0 Å². The summed E-state index contributed by atoms with van der Waals surface area (Å²) in [6.45, 7) is 9.17. The highest BCUT2D eigenvalue weighted by molar-refractivity contribution is 7.92. The van der Waals surface area contributed by atoms with Gasteiger partial charge < -0.3 is 10.0 Å². The van der Waals surface area contributed by atoms with Gasteiger partial charge in [0, 0.05) is 6.54 Å². The molecule has 1 unspecified atom stereocenters. The molecule has 2 fully saturated rings. The first-order valence-electron chi connectivity index (χ1n) is 10.0. The minimum absolute atomic E-state index is 0.282. The summed E-state index contributed by atoms with van der Waals surface area (Å²) in [4.78, 5) is 13.8. The molecule has 0 aliphatic carbocycles. The molecule has 2 aliphatic heterocycles. The number of nitrogens with zero attached hydrogens (tertiary/aromatic N) is 2. The third-order valence-electron chi connectivity index (χ3n) is 5.48. The number of hydrogen-bond acceptors (Lipinski definition) is 5. The van der Waals surface area contributed by atoms with Crippen LogP contribution in [0.1, 0.15) is 45.6 Å². The molecule has 2 saturated heterocycles. The predicted octanol–water partition coefficient (Wildman–Crippen LogP) is 2.40. The number of amides is 1. The zero-order valence-electron chi connectivity index (χ0n) is 17.2. The van der Waals surface area contributed by atoms with Crippen molar-refractivity contribution in [2.24, 2.45) is 11.3 Å². The van der Waals surface area contributed by atoms with E-state index in [1.54, 1.807) is 4.72 Å². The van der Waals surface area contributed by atoms with Gasteiger partial charge in [0.15, 0.2) is 5.82 Å². The summed E-state index contributed by atoms with van der Waals surface area (Å²) >= 11 is 0. The van der Waals surface area contributed by atoms with Crippen LogP contribution in [0.5, 0.6) is 5.75 Å². The van der Waals surface area contributed by atoms with Crippen LogP contribution < -0.4 is 9.03 Å². The number of likely N-dealkylation sites (tertiary alicyclic amines) is 1. The maximum Gasteiger partial charge on any atom is 0.326 e. The van der Waals surface area contributed by atoms with Gasteiger partial charge in [-0.2, -0.15) is 8.42 Å². The van der Waals surface area contributed by atoms with Crippen LogP contribution in [0.2, 0.25) is 0 Å². The van der Waals surface area contributed by atoms with Crippen LogP contribution in [-0.2, 0) is 21.4 Å². The van der Waals surface area contributed by atoms with Gasteiger partial charge in [0.25, 0.3) is 5.91 Å². The fourth-order valence-electron chi connectivity index (χ4n) is 4.00. The lowest BCUT2D eigenvalue weighted by Gasteiger charge is -2.34. The number of anilines is 1. The quantitative estimate of drug-likeness (QED) is 0.753. The predicted molar refractivity (Wildman–Crippen MR) is 109 cm³/mol. The smallest absolute Gasteiger partial charge is 0.326 e. The number of phenols is 1. The molecule has 3 rings (SSSR count). The van der Waals surface area contributed by atoms with E-state index < -0.39 is 39.9 Å².